The number of hydrogen-bond donors (Lipinski definition) is 0. The lowest BCUT2D eigenvalue weighted by Gasteiger charge is -2.26. The summed E-state index contributed by atoms with van der Waals surface area (Å²) < 4.78 is 1.79. The number of thioether (sulfide) groups is 1. The summed E-state index contributed by atoms with van der Waals surface area (Å²) in [5, 5.41) is 1.47. The molecule has 1 saturated heterocycles. The monoisotopic (exact) mass is 453 g/mol. The van der Waals surface area contributed by atoms with Crippen molar-refractivity contribution in [2.75, 3.05) is 18.8 Å². The number of amides is 1. The summed E-state index contributed by atoms with van der Waals surface area (Å²) in [4.78, 5) is 35.4. The first-order valence-corrected chi connectivity index (χ1v) is 13.0. The highest BCUT2D eigenvalue weighted by Gasteiger charge is 2.23. The summed E-state index contributed by atoms with van der Waals surface area (Å²) in [7, 11) is 0. The summed E-state index contributed by atoms with van der Waals surface area (Å²) >= 11 is 3.08. The molecule has 0 unspecified atom stereocenters. The van der Waals surface area contributed by atoms with Crippen LogP contribution in [0.25, 0.3) is 10.2 Å². The molecule has 3 aromatic rings. The third kappa shape index (κ3) is 4.30. The second-order valence-corrected chi connectivity index (χ2v) is 10.4. The number of piperidine rings is 1. The molecule has 2 aromatic heterocycles. The zero-order valence-corrected chi connectivity index (χ0v) is 19.3. The minimum atomic E-state index is 0.0428. The average Bonchev–Trinajstić information content (AvgIpc) is 3.19. The van der Waals surface area contributed by atoms with Gasteiger partial charge in [0.2, 0.25) is 5.91 Å². The summed E-state index contributed by atoms with van der Waals surface area (Å²) in [6.07, 6.45) is 7.71. The highest BCUT2D eigenvalue weighted by atomic mass is 32.2. The second-order valence-electron chi connectivity index (χ2n) is 8.39. The molecule has 1 fully saturated rings. The zero-order chi connectivity index (χ0) is 21.2. The highest BCUT2D eigenvalue weighted by Crippen LogP contribution is 2.35. The number of carbonyl (C=O) groups is 1. The lowest BCUT2D eigenvalue weighted by atomic mass is 9.97. The maximum atomic E-state index is 13.7. The van der Waals surface area contributed by atoms with Gasteiger partial charge in [-0.25, -0.2) is 4.98 Å². The number of nitrogens with zero attached hydrogens (tertiary/aromatic N) is 3. The van der Waals surface area contributed by atoms with Gasteiger partial charge in [-0.2, -0.15) is 0 Å². The fourth-order valence-electron chi connectivity index (χ4n) is 4.60. The third-order valence-corrected chi connectivity index (χ3v) is 8.40. The van der Waals surface area contributed by atoms with Crippen LogP contribution < -0.4 is 5.56 Å². The van der Waals surface area contributed by atoms with Crippen LogP contribution in [0, 0.1) is 0 Å². The van der Waals surface area contributed by atoms with Gasteiger partial charge in [-0.3, -0.25) is 14.2 Å². The molecule has 0 saturated carbocycles. The van der Waals surface area contributed by atoms with Gasteiger partial charge in [0.15, 0.2) is 5.16 Å². The van der Waals surface area contributed by atoms with E-state index in [0.717, 1.165) is 61.0 Å². The summed E-state index contributed by atoms with van der Waals surface area (Å²) in [5.41, 5.74) is 2.33. The van der Waals surface area contributed by atoms with Gasteiger partial charge in [-0.15, -0.1) is 11.3 Å². The number of aromatic nitrogens is 2. The first kappa shape index (κ1) is 20.8. The Bertz CT molecular complexity index is 1150. The van der Waals surface area contributed by atoms with Crippen LogP contribution in [0.15, 0.2) is 40.3 Å². The number of hydrogen-bond acceptors (Lipinski definition) is 5. The molecule has 7 heteroatoms. The van der Waals surface area contributed by atoms with Crippen LogP contribution in [0.5, 0.6) is 0 Å². The molecule has 5 rings (SSSR count). The van der Waals surface area contributed by atoms with Gasteiger partial charge in [0.05, 0.1) is 17.7 Å². The maximum Gasteiger partial charge on any atom is 0.263 e. The molecule has 0 N–H and O–H groups in total. The minimum Gasteiger partial charge on any atom is -0.342 e. The van der Waals surface area contributed by atoms with Crippen LogP contribution in [-0.4, -0.2) is 39.2 Å². The van der Waals surface area contributed by atoms with Crippen LogP contribution in [0.1, 0.15) is 48.1 Å². The quantitative estimate of drug-likeness (QED) is 0.422. The van der Waals surface area contributed by atoms with Crippen LogP contribution in [0.2, 0.25) is 0 Å². The van der Waals surface area contributed by atoms with Crippen molar-refractivity contribution in [1.82, 2.24) is 14.5 Å². The summed E-state index contributed by atoms with van der Waals surface area (Å²) in [6.45, 7) is 2.17. The Morgan fingerprint density at radius 2 is 1.81 bits per heavy atom. The molecule has 1 aliphatic heterocycles. The molecule has 0 atom stereocenters. The van der Waals surface area contributed by atoms with Crippen molar-refractivity contribution < 1.29 is 4.79 Å². The fourth-order valence-corrected chi connectivity index (χ4v) is 6.80. The molecule has 1 amide bonds. The van der Waals surface area contributed by atoms with E-state index in [0.29, 0.717) is 17.5 Å². The van der Waals surface area contributed by atoms with Crippen molar-refractivity contribution in [2.45, 2.75) is 56.6 Å². The lowest BCUT2D eigenvalue weighted by Crippen LogP contribution is -2.37. The number of aryl methyl sites for hydroxylation is 2. The van der Waals surface area contributed by atoms with Crippen LogP contribution in [0.4, 0.5) is 0 Å². The molecular weight excluding hydrogens is 426 g/mol. The van der Waals surface area contributed by atoms with Gasteiger partial charge in [-0.1, -0.05) is 42.1 Å². The molecule has 162 valence electrons. The predicted molar refractivity (Wildman–Crippen MR) is 127 cm³/mol. The standard InChI is InChI=1S/C24H27N3O2S2/c28-20(26-13-7-2-8-14-26)16-30-24-25-22-21(18-11-5-6-12-19(18)31-22)23(29)27(24)15-17-9-3-1-4-10-17/h1,3-4,9-10H,2,5-8,11-16H2. The van der Waals surface area contributed by atoms with E-state index < -0.39 is 0 Å². The van der Waals surface area contributed by atoms with Crippen LogP contribution in [-0.2, 0) is 24.2 Å². The molecule has 0 bridgehead atoms. The van der Waals surface area contributed by atoms with E-state index in [1.54, 1.807) is 15.9 Å². The van der Waals surface area contributed by atoms with Crippen LogP contribution in [0.3, 0.4) is 0 Å². The Kier molecular flexibility index (Phi) is 6.14. The molecular formula is C24H27N3O2S2. The SMILES string of the molecule is O=C(CSc1nc2sc3c(c2c(=O)n1Cc1ccccc1)CCCC3)N1CCCCC1. The third-order valence-electron chi connectivity index (χ3n) is 6.26. The van der Waals surface area contributed by atoms with E-state index in [1.165, 1.54) is 35.0 Å². The number of benzene rings is 1. The molecule has 0 radical (unpaired) electrons. The van der Waals surface area contributed by atoms with Crippen molar-refractivity contribution in [3.63, 3.8) is 0 Å². The Labute approximate surface area is 190 Å². The molecule has 31 heavy (non-hydrogen) atoms. The second kappa shape index (κ2) is 9.17. The largest absolute Gasteiger partial charge is 0.342 e. The minimum absolute atomic E-state index is 0.0428. The van der Waals surface area contributed by atoms with Crippen molar-refractivity contribution in [1.29, 1.82) is 0 Å². The van der Waals surface area contributed by atoms with Crippen LogP contribution >= 0.6 is 23.1 Å². The van der Waals surface area contributed by atoms with Gasteiger partial charge in [0.1, 0.15) is 4.83 Å². The Morgan fingerprint density at radius 1 is 1.03 bits per heavy atom. The Balaban J connectivity index is 1.51. The Morgan fingerprint density at radius 3 is 2.61 bits per heavy atom. The smallest absolute Gasteiger partial charge is 0.263 e. The van der Waals surface area contributed by atoms with Gasteiger partial charge in [0.25, 0.3) is 5.56 Å². The van der Waals surface area contributed by atoms with Gasteiger partial charge in [-0.05, 0) is 56.1 Å². The lowest BCUT2D eigenvalue weighted by molar-refractivity contribution is -0.129. The molecule has 1 aromatic carbocycles. The zero-order valence-electron chi connectivity index (χ0n) is 17.6. The number of rotatable bonds is 5. The number of carbonyl (C=O) groups excluding carboxylic acids is 1. The van der Waals surface area contributed by atoms with E-state index in [2.05, 4.69) is 0 Å². The topological polar surface area (TPSA) is 55.2 Å². The first-order chi connectivity index (χ1) is 15.2. The van der Waals surface area contributed by atoms with Gasteiger partial charge < -0.3 is 4.90 Å². The van der Waals surface area contributed by atoms with E-state index >= 15 is 0 Å². The van der Waals surface area contributed by atoms with Gasteiger partial charge in [0, 0.05) is 18.0 Å². The van der Waals surface area contributed by atoms with Crippen molar-refractivity contribution in [3.05, 3.63) is 56.7 Å². The Hall–Kier alpha value is -2.12. The number of likely N-dealkylation sites (tertiary alicyclic amines) is 1. The maximum absolute atomic E-state index is 13.7. The fraction of sp³-hybridized carbons (Fsp3) is 0.458. The average molecular weight is 454 g/mol. The van der Waals surface area contributed by atoms with Crippen molar-refractivity contribution in [3.8, 4) is 0 Å². The number of thiophene rings is 1. The molecule has 2 aliphatic rings. The first-order valence-electron chi connectivity index (χ1n) is 11.2. The molecule has 1 aliphatic carbocycles. The van der Waals surface area contributed by atoms with Crippen molar-refractivity contribution in [2.24, 2.45) is 0 Å². The molecule has 3 heterocycles. The van der Waals surface area contributed by atoms with Gasteiger partial charge >= 0.3 is 0 Å². The normalized spacial score (nSPS) is 16.5. The number of fused-ring (bicyclic) bond motifs is 3. The van der Waals surface area contributed by atoms with Crippen molar-refractivity contribution >= 4 is 39.2 Å². The van der Waals surface area contributed by atoms with E-state index in [-0.39, 0.29) is 11.5 Å². The summed E-state index contributed by atoms with van der Waals surface area (Å²) in [5.74, 6) is 0.480. The summed E-state index contributed by atoms with van der Waals surface area (Å²) in [6, 6.07) is 10.0. The molecule has 5 nitrogen and oxygen atoms in total. The highest BCUT2D eigenvalue weighted by molar-refractivity contribution is 7.99. The molecule has 0 spiro atoms. The van der Waals surface area contributed by atoms with E-state index in [9.17, 15) is 9.59 Å². The predicted octanol–water partition coefficient (Wildman–Crippen LogP) is 4.49. The van der Waals surface area contributed by atoms with E-state index in [1.807, 2.05) is 35.2 Å². The van der Waals surface area contributed by atoms with E-state index in [4.69, 9.17) is 4.98 Å².